The summed E-state index contributed by atoms with van der Waals surface area (Å²) in [5.41, 5.74) is 0.514. The molecule has 0 aromatic carbocycles. The number of carbonyl (C=O) groups excluding carboxylic acids is 1. The van der Waals surface area contributed by atoms with Crippen LogP contribution < -0.4 is 0 Å². The minimum absolute atomic E-state index is 0.514. The minimum atomic E-state index is 0.514. The smallest absolute Gasteiger partial charge is 0.120 e. The van der Waals surface area contributed by atoms with Crippen LogP contribution in [0, 0.1) is 17.3 Å². The Morgan fingerprint density at radius 1 is 1.54 bits per heavy atom. The normalized spacial score (nSPS) is 29.6. The first-order valence-electron chi connectivity index (χ1n) is 5.49. The number of hydrogen-bond acceptors (Lipinski definition) is 1. The Morgan fingerprint density at radius 2 is 2.23 bits per heavy atom. The van der Waals surface area contributed by atoms with Gasteiger partial charge in [-0.15, -0.1) is 0 Å². The minimum Gasteiger partial charge on any atom is -0.303 e. The topological polar surface area (TPSA) is 17.1 Å². The molecule has 1 rings (SSSR count). The molecule has 0 aliphatic heterocycles. The molecule has 1 aliphatic rings. The Balaban J connectivity index is 2.46. The SMILES string of the molecule is C[C@@H](CC=O)C1CCCC(C)(C)C1. The number of hydrogen-bond donors (Lipinski definition) is 0. The Bertz CT molecular complexity index is 172. The summed E-state index contributed by atoms with van der Waals surface area (Å²) in [5, 5.41) is 0. The predicted octanol–water partition coefficient (Wildman–Crippen LogP) is 3.43. The van der Waals surface area contributed by atoms with Gasteiger partial charge in [0.15, 0.2) is 0 Å². The lowest BCUT2D eigenvalue weighted by Gasteiger charge is -2.37. The van der Waals surface area contributed by atoms with Crippen molar-refractivity contribution >= 4 is 6.29 Å². The van der Waals surface area contributed by atoms with E-state index in [9.17, 15) is 4.79 Å². The van der Waals surface area contributed by atoms with E-state index in [4.69, 9.17) is 0 Å². The van der Waals surface area contributed by atoms with Crippen LogP contribution in [0.4, 0.5) is 0 Å². The van der Waals surface area contributed by atoms with E-state index in [0.717, 1.165) is 18.6 Å². The zero-order valence-corrected chi connectivity index (χ0v) is 9.18. The molecule has 0 spiro atoms. The molecular weight excluding hydrogens is 160 g/mol. The standard InChI is InChI=1S/C12H22O/c1-10(6-8-13)11-5-4-7-12(2,3)9-11/h8,10-11H,4-7,9H2,1-3H3/t10-,11?/m0/s1. The first-order valence-corrected chi connectivity index (χ1v) is 5.49. The van der Waals surface area contributed by atoms with E-state index in [1.165, 1.54) is 25.7 Å². The third-order valence-electron chi connectivity index (χ3n) is 3.52. The van der Waals surface area contributed by atoms with Gasteiger partial charge in [-0.25, -0.2) is 0 Å². The lowest BCUT2D eigenvalue weighted by molar-refractivity contribution is -0.109. The second kappa shape index (κ2) is 4.26. The van der Waals surface area contributed by atoms with Gasteiger partial charge in [0.25, 0.3) is 0 Å². The molecule has 0 N–H and O–H groups in total. The van der Waals surface area contributed by atoms with Crippen LogP contribution in [0.5, 0.6) is 0 Å². The van der Waals surface area contributed by atoms with E-state index in [1.54, 1.807) is 0 Å². The lowest BCUT2D eigenvalue weighted by Crippen LogP contribution is -2.26. The molecule has 0 amide bonds. The van der Waals surface area contributed by atoms with Gasteiger partial charge in [-0.3, -0.25) is 0 Å². The van der Waals surface area contributed by atoms with Crippen LogP contribution in [0.2, 0.25) is 0 Å². The molecule has 1 saturated carbocycles. The summed E-state index contributed by atoms with van der Waals surface area (Å²) in [7, 11) is 0. The van der Waals surface area contributed by atoms with E-state index >= 15 is 0 Å². The summed E-state index contributed by atoms with van der Waals surface area (Å²) < 4.78 is 0. The molecule has 1 unspecified atom stereocenters. The van der Waals surface area contributed by atoms with Crippen LogP contribution in [0.25, 0.3) is 0 Å². The van der Waals surface area contributed by atoms with Crippen LogP contribution in [0.1, 0.15) is 52.9 Å². The van der Waals surface area contributed by atoms with Gasteiger partial charge < -0.3 is 4.79 Å². The molecule has 1 heteroatoms. The van der Waals surface area contributed by atoms with Gasteiger partial charge in [0.2, 0.25) is 0 Å². The second-order valence-electron chi connectivity index (χ2n) is 5.40. The van der Waals surface area contributed by atoms with Gasteiger partial charge in [-0.2, -0.15) is 0 Å². The van der Waals surface area contributed by atoms with Crippen molar-refractivity contribution in [2.45, 2.75) is 52.9 Å². The Hall–Kier alpha value is -0.330. The maximum absolute atomic E-state index is 10.4. The van der Waals surface area contributed by atoms with Crippen molar-refractivity contribution in [2.24, 2.45) is 17.3 Å². The molecule has 1 fully saturated rings. The van der Waals surface area contributed by atoms with Crippen molar-refractivity contribution in [1.82, 2.24) is 0 Å². The number of aldehydes is 1. The Labute approximate surface area is 81.9 Å². The third kappa shape index (κ3) is 3.13. The highest BCUT2D eigenvalue weighted by Gasteiger charge is 2.30. The molecule has 2 atom stereocenters. The monoisotopic (exact) mass is 182 g/mol. The van der Waals surface area contributed by atoms with Gasteiger partial charge in [-0.1, -0.05) is 33.6 Å². The zero-order chi connectivity index (χ0) is 9.90. The third-order valence-corrected chi connectivity index (χ3v) is 3.52. The zero-order valence-electron chi connectivity index (χ0n) is 9.18. The molecule has 0 saturated heterocycles. The van der Waals surface area contributed by atoms with Gasteiger partial charge in [-0.05, 0) is 30.1 Å². The van der Waals surface area contributed by atoms with E-state index in [1.807, 2.05) is 0 Å². The van der Waals surface area contributed by atoms with E-state index in [2.05, 4.69) is 20.8 Å². The van der Waals surface area contributed by atoms with Gasteiger partial charge in [0.05, 0.1) is 0 Å². The Kier molecular flexibility index (Phi) is 3.52. The molecule has 13 heavy (non-hydrogen) atoms. The molecule has 1 nitrogen and oxygen atoms in total. The molecular formula is C12H22O. The molecule has 0 radical (unpaired) electrons. The van der Waals surface area contributed by atoms with Crippen molar-refractivity contribution in [1.29, 1.82) is 0 Å². The summed E-state index contributed by atoms with van der Waals surface area (Å²) in [5.74, 6) is 1.38. The fourth-order valence-corrected chi connectivity index (χ4v) is 2.59. The first kappa shape index (κ1) is 10.7. The largest absolute Gasteiger partial charge is 0.303 e. The molecule has 0 heterocycles. The summed E-state index contributed by atoms with van der Waals surface area (Å²) in [6.07, 6.45) is 7.17. The summed E-state index contributed by atoms with van der Waals surface area (Å²) >= 11 is 0. The second-order valence-corrected chi connectivity index (χ2v) is 5.40. The fraction of sp³-hybridized carbons (Fsp3) is 0.917. The van der Waals surface area contributed by atoms with Crippen molar-refractivity contribution in [3.8, 4) is 0 Å². The summed E-state index contributed by atoms with van der Waals surface area (Å²) in [6, 6.07) is 0. The van der Waals surface area contributed by atoms with Gasteiger partial charge >= 0.3 is 0 Å². The average Bonchev–Trinajstić information content (AvgIpc) is 2.03. The highest BCUT2D eigenvalue weighted by atomic mass is 16.1. The molecule has 0 aromatic heterocycles. The predicted molar refractivity (Wildman–Crippen MR) is 55.6 cm³/mol. The highest BCUT2D eigenvalue weighted by molar-refractivity contribution is 5.49. The van der Waals surface area contributed by atoms with Crippen LogP contribution in [0.3, 0.4) is 0 Å². The van der Waals surface area contributed by atoms with Crippen LogP contribution in [-0.2, 0) is 4.79 Å². The molecule has 0 aromatic rings. The molecule has 0 bridgehead atoms. The van der Waals surface area contributed by atoms with Crippen LogP contribution >= 0.6 is 0 Å². The van der Waals surface area contributed by atoms with Crippen molar-refractivity contribution < 1.29 is 4.79 Å². The molecule has 1 aliphatic carbocycles. The van der Waals surface area contributed by atoms with Crippen LogP contribution in [-0.4, -0.2) is 6.29 Å². The van der Waals surface area contributed by atoms with Gasteiger partial charge in [0, 0.05) is 6.42 Å². The Morgan fingerprint density at radius 3 is 2.77 bits per heavy atom. The van der Waals surface area contributed by atoms with Crippen molar-refractivity contribution in [3.05, 3.63) is 0 Å². The van der Waals surface area contributed by atoms with Crippen LogP contribution in [0.15, 0.2) is 0 Å². The fourth-order valence-electron chi connectivity index (χ4n) is 2.59. The lowest BCUT2D eigenvalue weighted by atomic mass is 9.68. The number of carbonyl (C=O) groups is 1. The summed E-state index contributed by atoms with van der Waals surface area (Å²) in [6.45, 7) is 6.93. The maximum Gasteiger partial charge on any atom is 0.120 e. The van der Waals surface area contributed by atoms with Gasteiger partial charge in [0.1, 0.15) is 6.29 Å². The maximum atomic E-state index is 10.4. The van der Waals surface area contributed by atoms with E-state index in [0.29, 0.717) is 11.3 Å². The first-order chi connectivity index (χ1) is 6.05. The van der Waals surface area contributed by atoms with E-state index in [-0.39, 0.29) is 0 Å². The van der Waals surface area contributed by atoms with Crippen molar-refractivity contribution in [2.75, 3.05) is 0 Å². The highest BCUT2D eigenvalue weighted by Crippen LogP contribution is 2.41. The summed E-state index contributed by atoms with van der Waals surface area (Å²) in [4.78, 5) is 10.4. The number of rotatable bonds is 3. The quantitative estimate of drug-likeness (QED) is 0.611. The average molecular weight is 182 g/mol. The van der Waals surface area contributed by atoms with E-state index < -0.39 is 0 Å². The van der Waals surface area contributed by atoms with Crippen molar-refractivity contribution in [3.63, 3.8) is 0 Å². The molecule has 76 valence electrons.